The van der Waals surface area contributed by atoms with Crippen LogP contribution in [0.15, 0.2) is 11.1 Å². The van der Waals surface area contributed by atoms with Gasteiger partial charge in [0.05, 0.1) is 23.4 Å². The number of hydrogen-bond acceptors (Lipinski definition) is 6. The number of rotatable bonds is 3. The van der Waals surface area contributed by atoms with E-state index < -0.39 is 0 Å². The Morgan fingerprint density at radius 2 is 1.93 bits per heavy atom. The van der Waals surface area contributed by atoms with Gasteiger partial charge in [0.25, 0.3) is 5.91 Å². The van der Waals surface area contributed by atoms with Gasteiger partial charge in [0.15, 0.2) is 5.82 Å². The minimum Gasteiger partial charge on any atom is -0.403 e. The van der Waals surface area contributed by atoms with Crippen LogP contribution < -0.4 is 0 Å². The number of hydrogen-bond donors (Lipinski definition) is 0. The Balaban J connectivity index is 1.54. The highest BCUT2D eigenvalue weighted by Gasteiger charge is 2.55. The number of carbonyl (C=O) groups excluding carboxylic acids is 1. The molecule has 29 heavy (non-hydrogen) atoms. The van der Waals surface area contributed by atoms with Gasteiger partial charge in [-0.25, -0.2) is 4.99 Å². The van der Waals surface area contributed by atoms with Gasteiger partial charge in [-0.1, -0.05) is 6.92 Å². The monoisotopic (exact) mass is 401 g/mol. The van der Waals surface area contributed by atoms with Crippen molar-refractivity contribution in [3.63, 3.8) is 0 Å². The molecule has 0 bridgehead atoms. The first-order chi connectivity index (χ1) is 13.6. The van der Waals surface area contributed by atoms with Gasteiger partial charge >= 0.3 is 7.12 Å². The zero-order valence-electron chi connectivity index (χ0n) is 18.4. The second-order valence-corrected chi connectivity index (χ2v) is 9.42. The van der Waals surface area contributed by atoms with Crippen molar-refractivity contribution in [2.24, 2.45) is 4.99 Å². The summed E-state index contributed by atoms with van der Waals surface area (Å²) in [5, 5.41) is 4.61. The van der Waals surface area contributed by atoms with E-state index in [1.165, 1.54) is 0 Å². The Morgan fingerprint density at radius 3 is 2.59 bits per heavy atom. The third-order valence-electron chi connectivity index (χ3n) is 6.77. The molecule has 0 aromatic carbocycles. The fourth-order valence-corrected chi connectivity index (χ4v) is 4.18. The summed E-state index contributed by atoms with van der Waals surface area (Å²) in [6.07, 6.45) is 0.531. The van der Waals surface area contributed by atoms with Crippen molar-refractivity contribution >= 4 is 24.6 Å². The Hall–Kier alpha value is -1.71. The van der Waals surface area contributed by atoms with Gasteiger partial charge in [-0.05, 0) is 40.7 Å². The van der Waals surface area contributed by atoms with Crippen LogP contribution in [-0.4, -0.2) is 76.2 Å². The van der Waals surface area contributed by atoms with Crippen molar-refractivity contribution in [2.45, 2.75) is 71.1 Å². The van der Waals surface area contributed by atoms with Crippen LogP contribution in [0.3, 0.4) is 0 Å². The van der Waals surface area contributed by atoms with Crippen LogP contribution in [0.4, 0.5) is 5.82 Å². The maximum absolute atomic E-state index is 12.8. The molecule has 0 radical (unpaired) electrons. The average molecular weight is 401 g/mol. The van der Waals surface area contributed by atoms with Gasteiger partial charge in [-0.2, -0.15) is 5.10 Å². The molecule has 9 heteroatoms. The number of carbonyl (C=O) groups is 1. The molecule has 3 aliphatic heterocycles. The predicted molar refractivity (Wildman–Crippen MR) is 112 cm³/mol. The number of likely N-dealkylation sites (N-methyl/N-ethyl adjacent to an activating group) is 1. The van der Waals surface area contributed by atoms with Crippen LogP contribution in [0.5, 0.6) is 0 Å². The molecule has 1 aromatic heterocycles. The Kier molecular flexibility index (Phi) is 5.11. The summed E-state index contributed by atoms with van der Waals surface area (Å²) in [6, 6.07) is 2.00. The lowest BCUT2D eigenvalue weighted by Gasteiger charge is -2.32. The lowest BCUT2D eigenvalue weighted by atomic mass is 9.67. The van der Waals surface area contributed by atoms with Crippen molar-refractivity contribution in [1.29, 1.82) is 0 Å². The average Bonchev–Trinajstić information content (AvgIpc) is 3.14. The Morgan fingerprint density at radius 1 is 1.24 bits per heavy atom. The summed E-state index contributed by atoms with van der Waals surface area (Å²) >= 11 is 0. The van der Waals surface area contributed by atoms with Crippen LogP contribution in [0.1, 0.15) is 46.7 Å². The fourth-order valence-electron chi connectivity index (χ4n) is 4.18. The van der Waals surface area contributed by atoms with E-state index in [2.05, 4.69) is 49.6 Å². The van der Waals surface area contributed by atoms with Gasteiger partial charge in [0.2, 0.25) is 0 Å². The molecule has 1 atom stereocenters. The van der Waals surface area contributed by atoms with Gasteiger partial charge in [-0.3, -0.25) is 14.4 Å². The molecular formula is C20H32BN5O3. The smallest absolute Gasteiger partial charge is 0.403 e. The first-order valence-electron chi connectivity index (χ1n) is 10.6. The van der Waals surface area contributed by atoms with Crippen LogP contribution in [0, 0.1) is 0 Å². The van der Waals surface area contributed by atoms with Crippen molar-refractivity contribution in [1.82, 2.24) is 19.6 Å². The van der Waals surface area contributed by atoms with E-state index >= 15 is 0 Å². The van der Waals surface area contributed by atoms with Crippen molar-refractivity contribution in [3.05, 3.63) is 11.8 Å². The number of piperidine rings is 1. The first-order valence-corrected chi connectivity index (χ1v) is 10.6. The number of aromatic nitrogens is 2. The van der Waals surface area contributed by atoms with Crippen LogP contribution in [-0.2, 0) is 27.2 Å². The zero-order chi connectivity index (χ0) is 21.0. The molecule has 8 nitrogen and oxygen atoms in total. The normalized spacial score (nSPS) is 28.3. The second kappa shape index (κ2) is 7.21. The zero-order valence-corrected chi connectivity index (χ0v) is 18.4. The molecule has 4 rings (SSSR count). The maximum Gasteiger partial charge on any atom is 0.463 e. The lowest BCUT2D eigenvalue weighted by molar-refractivity contribution is -0.123. The van der Waals surface area contributed by atoms with Crippen LogP contribution in [0.2, 0.25) is 5.82 Å². The molecule has 0 saturated carbocycles. The quantitative estimate of drug-likeness (QED) is 0.726. The fraction of sp³-hybridized carbons (Fsp3) is 0.750. The SMILES string of the molecule is CCN1CCn2nc(N=C3CC(B4OC(C)(C)C(C)(C)O4)CN(C)C3=O)cc2C1. The van der Waals surface area contributed by atoms with E-state index in [0.29, 0.717) is 24.5 Å². The summed E-state index contributed by atoms with van der Waals surface area (Å²) in [6.45, 7) is 14.7. The minimum absolute atomic E-state index is 0.0427. The molecule has 158 valence electrons. The molecule has 2 saturated heterocycles. The Labute approximate surface area is 173 Å². The third-order valence-corrected chi connectivity index (χ3v) is 6.77. The summed E-state index contributed by atoms with van der Waals surface area (Å²) < 4.78 is 14.5. The molecule has 1 aromatic rings. The van der Waals surface area contributed by atoms with E-state index in [1.54, 1.807) is 4.90 Å². The Bertz CT molecular complexity index is 818. The number of nitrogens with zero attached hydrogens (tertiary/aromatic N) is 5. The largest absolute Gasteiger partial charge is 0.463 e. The van der Waals surface area contributed by atoms with E-state index in [1.807, 2.05) is 17.8 Å². The molecule has 0 aliphatic carbocycles. The highest BCUT2D eigenvalue weighted by molar-refractivity contribution is 6.51. The highest BCUT2D eigenvalue weighted by atomic mass is 16.7. The molecule has 3 aliphatic rings. The van der Waals surface area contributed by atoms with Gasteiger partial charge in [0, 0.05) is 38.6 Å². The van der Waals surface area contributed by atoms with Gasteiger partial charge in [0.1, 0.15) is 5.71 Å². The van der Waals surface area contributed by atoms with E-state index in [0.717, 1.165) is 31.9 Å². The summed E-state index contributed by atoms with van der Waals surface area (Å²) in [4.78, 5) is 21.5. The molecule has 4 heterocycles. The van der Waals surface area contributed by atoms with Crippen molar-refractivity contribution < 1.29 is 14.1 Å². The highest BCUT2D eigenvalue weighted by Crippen LogP contribution is 2.42. The summed E-state index contributed by atoms with van der Waals surface area (Å²) in [7, 11) is 1.46. The molecule has 0 N–H and O–H groups in total. The van der Waals surface area contributed by atoms with Gasteiger partial charge in [-0.15, -0.1) is 0 Å². The lowest BCUT2D eigenvalue weighted by Crippen LogP contribution is -2.46. The predicted octanol–water partition coefficient (Wildman–Crippen LogP) is 2.12. The molecule has 1 amide bonds. The number of amides is 1. The summed E-state index contributed by atoms with van der Waals surface area (Å²) in [5.41, 5.74) is 0.907. The molecule has 2 fully saturated rings. The van der Waals surface area contributed by atoms with E-state index in [-0.39, 0.29) is 30.0 Å². The van der Waals surface area contributed by atoms with Crippen LogP contribution >= 0.6 is 0 Å². The molecular weight excluding hydrogens is 369 g/mol. The standard InChI is InChI=1S/C20H32BN5O3/c1-7-25-8-9-26-15(13-25)11-17(23-26)22-16-10-14(12-24(6)18(16)27)21-28-19(2,3)20(4,5)29-21/h11,14H,7-10,12-13H2,1-6H3. The topological polar surface area (TPSA) is 72.2 Å². The third kappa shape index (κ3) is 3.75. The number of aliphatic imine (C=N–C) groups is 1. The molecule has 1 unspecified atom stereocenters. The van der Waals surface area contributed by atoms with Crippen molar-refractivity contribution in [3.8, 4) is 0 Å². The van der Waals surface area contributed by atoms with Crippen LogP contribution in [0.25, 0.3) is 0 Å². The first kappa shape index (κ1) is 20.6. The second-order valence-electron chi connectivity index (χ2n) is 9.42. The number of likely N-dealkylation sites (tertiary alicyclic amines) is 1. The minimum atomic E-state index is -0.386. The number of fused-ring (bicyclic) bond motifs is 1. The van der Waals surface area contributed by atoms with E-state index in [9.17, 15) is 4.79 Å². The van der Waals surface area contributed by atoms with Gasteiger partial charge < -0.3 is 14.2 Å². The summed E-state index contributed by atoms with van der Waals surface area (Å²) in [5.74, 6) is 0.619. The van der Waals surface area contributed by atoms with E-state index in [4.69, 9.17) is 9.31 Å². The maximum atomic E-state index is 12.8. The van der Waals surface area contributed by atoms with Crippen molar-refractivity contribution in [2.75, 3.05) is 26.7 Å². The molecule has 0 spiro atoms.